The van der Waals surface area contributed by atoms with E-state index in [0.29, 0.717) is 22.8 Å². The van der Waals surface area contributed by atoms with Crippen LogP contribution in [0.15, 0.2) is 64.4 Å². The molecule has 0 N–H and O–H groups in total. The first-order chi connectivity index (χ1) is 13.5. The predicted molar refractivity (Wildman–Crippen MR) is 106 cm³/mol. The van der Waals surface area contributed by atoms with Crippen LogP contribution in [-0.4, -0.2) is 18.7 Å². The number of hydrogen-bond acceptors (Lipinski definition) is 3. The highest BCUT2D eigenvalue weighted by Crippen LogP contribution is 2.18. The number of benzene rings is 2. The molecule has 0 saturated heterocycles. The summed E-state index contributed by atoms with van der Waals surface area (Å²) in [4.78, 5) is 30.2. The van der Waals surface area contributed by atoms with Gasteiger partial charge >= 0.3 is 5.69 Å². The number of nitrogens with zero attached hydrogens (tertiary/aromatic N) is 4. The summed E-state index contributed by atoms with van der Waals surface area (Å²) in [7, 11) is 0. The zero-order valence-corrected chi connectivity index (χ0v) is 15.7. The van der Waals surface area contributed by atoms with E-state index >= 15 is 0 Å². The van der Waals surface area contributed by atoms with Crippen molar-refractivity contribution >= 4 is 22.8 Å². The lowest BCUT2D eigenvalue weighted by Gasteiger charge is -2.12. The summed E-state index contributed by atoms with van der Waals surface area (Å²) in [5.74, 6) is -0.331. The number of halogens is 2. The lowest BCUT2D eigenvalue weighted by molar-refractivity contribution is 0.626. The van der Waals surface area contributed by atoms with Gasteiger partial charge in [-0.15, -0.1) is 0 Å². The highest BCUT2D eigenvalue weighted by molar-refractivity contribution is 6.30. The van der Waals surface area contributed by atoms with Gasteiger partial charge in [0.05, 0.1) is 12.0 Å². The number of fused-ring (bicyclic) bond motifs is 1. The first-order valence-electron chi connectivity index (χ1n) is 8.70. The summed E-state index contributed by atoms with van der Waals surface area (Å²) >= 11 is 6.09. The first-order valence-corrected chi connectivity index (χ1v) is 9.08. The summed E-state index contributed by atoms with van der Waals surface area (Å²) in [6, 6.07) is 12.8. The zero-order chi connectivity index (χ0) is 19.8. The van der Waals surface area contributed by atoms with Crippen molar-refractivity contribution in [1.82, 2.24) is 18.7 Å². The minimum Gasteiger partial charge on any atom is -0.320 e. The van der Waals surface area contributed by atoms with Crippen LogP contribution in [-0.2, 0) is 13.1 Å². The highest BCUT2D eigenvalue weighted by Gasteiger charge is 2.18. The van der Waals surface area contributed by atoms with Crippen molar-refractivity contribution in [2.24, 2.45) is 0 Å². The van der Waals surface area contributed by atoms with Crippen LogP contribution in [0.4, 0.5) is 4.39 Å². The van der Waals surface area contributed by atoms with Gasteiger partial charge in [0.1, 0.15) is 5.82 Å². The topological polar surface area (TPSA) is 61.8 Å². The molecule has 0 unspecified atom stereocenters. The molecule has 2 aromatic carbocycles. The van der Waals surface area contributed by atoms with E-state index in [0.717, 1.165) is 10.1 Å². The summed E-state index contributed by atoms with van der Waals surface area (Å²) < 4.78 is 17.4. The third-order valence-corrected chi connectivity index (χ3v) is 4.78. The second-order valence-electron chi connectivity index (χ2n) is 6.32. The van der Waals surface area contributed by atoms with Crippen LogP contribution in [0.3, 0.4) is 0 Å². The Labute approximate surface area is 164 Å². The molecule has 0 aliphatic rings. The van der Waals surface area contributed by atoms with Crippen LogP contribution in [0.1, 0.15) is 12.5 Å². The van der Waals surface area contributed by atoms with Gasteiger partial charge in [-0.2, -0.15) is 0 Å². The van der Waals surface area contributed by atoms with Crippen LogP contribution < -0.4 is 11.2 Å². The maximum absolute atomic E-state index is 13.2. The molecule has 0 aliphatic carbocycles. The normalized spacial score (nSPS) is 11.2. The number of rotatable bonds is 4. The van der Waals surface area contributed by atoms with Crippen molar-refractivity contribution < 1.29 is 4.39 Å². The molecule has 0 aliphatic heterocycles. The minimum atomic E-state index is -0.478. The Morgan fingerprint density at radius 1 is 1.11 bits per heavy atom. The van der Waals surface area contributed by atoms with Crippen molar-refractivity contribution in [3.05, 3.63) is 92.1 Å². The molecule has 0 amide bonds. The van der Waals surface area contributed by atoms with Crippen molar-refractivity contribution in [3.63, 3.8) is 0 Å². The molecule has 4 rings (SSSR count). The maximum atomic E-state index is 13.2. The van der Waals surface area contributed by atoms with E-state index in [1.54, 1.807) is 47.9 Å². The van der Waals surface area contributed by atoms with Crippen molar-refractivity contribution in [2.45, 2.75) is 20.0 Å². The Bertz CT molecular complexity index is 1290. The van der Waals surface area contributed by atoms with Gasteiger partial charge in [0.25, 0.3) is 5.56 Å². The maximum Gasteiger partial charge on any atom is 0.337 e. The van der Waals surface area contributed by atoms with Crippen LogP contribution in [0, 0.1) is 5.82 Å². The van der Waals surface area contributed by atoms with Gasteiger partial charge in [-0.1, -0.05) is 29.8 Å². The fourth-order valence-electron chi connectivity index (χ4n) is 3.21. The molecule has 2 heterocycles. The quantitative estimate of drug-likeness (QED) is 0.530. The summed E-state index contributed by atoms with van der Waals surface area (Å²) in [5, 5.41) is 0.470. The minimum absolute atomic E-state index is 0.218. The Kier molecular flexibility index (Phi) is 4.60. The Hall–Kier alpha value is -3.19. The molecule has 0 bridgehead atoms. The van der Waals surface area contributed by atoms with Gasteiger partial charge < -0.3 is 4.57 Å². The Morgan fingerprint density at radius 2 is 1.86 bits per heavy atom. The van der Waals surface area contributed by atoms with E-state index in [1.807, 2.05) is 0 Å². The van der Waals surface area contributed by atoms with Gasteiger partial charge in [-0.3, -0.25) is 9.36 Å². The molecule has 2 aromatic heterocycles. The van der Waals surface area contributed by atoms with Gasteiger partial charge in [-0.05, 0) is 42.8 Å². The molecule has 0 radical (unpaired) electrons. The average molecular weight is 399 g/mol. The standard InChI is InChI=1S/C20H16ClFN4O2/c1-2-25-19(27)17-18(26(20(25)28)16-5-3-4-14(21)10-16)23-12-24(17)11-13-6-8-15(22)9-7-13/h3-10,12H,2,11H2,1H3. The predicted octanol–water partition coefficient (Wildman–Crippen LogP) is 3.21. The van der Waals surface area contributed by atoms with Gasteiger partial charge in [0.2, 0.25) is 0 Å². The van der Waals surface area contributed by atoms with Crippen LogP contribution in [0.2, 0.25) is 5.02 Å². The summed E-state index contributed by atoms with van der Waals surface area (Å²) in [6.07, 6.45) is 1.51. The third-order valence-electron chi connectivity index (χ3n) is 4.55. The van der Waals surface area contributed by atoms with Crippen LogP contribution in [0.25, 0.3) is 16.9 Å². The highest BCUT2D eigenvalue weighted by atomic mass is 35.5. The van der Waals surface area contributed by atoms with E-state index in [4.69, 9.17) is 11.6 Å². The Balaban J connectivity index is 1.98. The third kappa shape index (κ3) is 3.03. The van der Waals surface area contributed by atoms with Crippen molar-refractivity contribution in [3.8, 4) is 5.69 Å². The van der Waals surface area contributed by atoms with Crippen LogP contribution in [0.5, 0.6) is 0 Å². The smallest absolute Gasteiger partial charge is 0.320 e. The van der Waals surface area contributed by atoms with E-state index in [-0.39, 0.29) is 18.0 Å². The summed E-state index contributed by atoms with van der Waals surface area (Å²) in [6.45, 7) is 2.27. The average Bonchev–Trinajstić information content (AvgIpc) is 3.08. The second kappa shape index (κ2) is 7.09. The molecule has 0 saturated carbocycles. The van der Waals surface area contributed by atoms with Crippen molar-refractivity contribution in [2.75, 3.05) is 0 Å². The SMILES string of the molecule is CCn1c(=O)c2c(ncn2Cc2ccc(F)cc2)n(-c2cccc(Cl)c2)c1=O. The largest absolute Gasteiger partial charge is 0.337 e. The fourth-order valence-corrected chi connectivity index (χ4v) is 3.40. The van der Waals surface area contributed by atoms with Crippen LogP contribution >= 0.6 is 11.6 Å². The van der Waals surface area contributed by atoms with E-state index in [2.05, 4.69) is 4.98 Å². The van der Waals surface area contributed by atoms with Crippen molar-refractivity contribution in [1.29, 1.82) is 0 Å². The fraction of sp³-hybridized carbons (Fsp3) is 0.150. The first kappa shape index (κ1) is 18.2. The molecule has 0 fully saturated rings. The van der Waals surface area contributed by atoms with Gasteiger partial charge in [0, 0.05) is 18.1 Å². The number of hydrogen-bond donors (Lipinski definition) is 0. The molecule has 0 spiro atoms. The molecule has 142 valence electrons. The number of aromatic nitrogens is 4. The van der Waals surface area contributed by atoms with Gasteiger partial charge in [0.15, 0.2) is 11.2 Å². The molecule has 4 aromatic rings. The lowest BCUT2D eigenvalue weighted by atomic mass is 10.2. The molecule has 8 heteroatoms. The van der Waals surface area contributed by atoms with E-state index in [1.165, 1.54) is 23.0 Å². The zero-order valence-electron chi connectivity index (χ0n) is 15.0. The van der Waals surface area contributed by atoms with E-state index < -0.39 is 11.2 Å². The molecule has 28 heavy (non-hydrogen) atoms. The monoisotopic (exact) mass is 398 g/mol. The van der Waals surface area contributed by atoms with E-state index in [9.17, 15) is 14.0 Å². The molecule has 6 nitrogen and oxygen atoms in total. The lowest BCUT2D eigenvalue weighted by Crippen LogP contribution is -2.39. The molecule has 0 atom stereocenters. The second-order valence-corrected chi connectivity index (χ2v) is 6.75. The Morgan fingerprint density at radius 3 is 2.54 bits per heavy atom. The van der Waals surface area contributed by atoms with Gasteiger partial charge in [-0.25, -0.2) is 18.7 Å². The summed E-state index contributed by atoms with van der Waals surface area (Å²) in [5.41, 5.74) is 0.991. The molecular weight excluding hydrogens is 383 g/mol. The molecular formula is C20H16ClFN4O2. The number of imidazole rings is 1.